The number of aromatic nitrogens is 4. The molecule has 0 bridgehead atoms. The van der Waals surface area contributed by atoms with Crippen molar-refractivity contribution in [1.82, 2.24) is 19.3 Å². The molecular weight excluding hydrogens is 324 g/mol. The molecule has 1 aromatic carbocycles. The molecule has 0 amide bonds. The Bertz CT molecular complexity index is 917. The molecule has 0 aliphatic heterocycles. The van der Waals surface area contributed by atoms with Crippen molar-refractivity contribution in [3.05, 3.63) is 51.9 Å². The lowest BCUT2D eigenvalue weighted by Gasteiger charge is -2.11. The molecule has 126 valence electrons. The van der Waals surface area contributed by atoms with Gasteiger partial charge in [-0.1, -0.05) is 36.0 Å². The van der Waals surface area contributed by atoms with Crippen LogP contribution in [-0.4, -0.2) is 31.0 Å². The largest absolute Gasteiger partial charge is 0.394 e. The number of aryl methyl sites for hydroxylation is 1. The van der Waals surface area contributed by atoms with E-state index in [-0.39, 0.29) is 12.2 Å². The van der Waals surface area contributed by atoms with Gasteiger partial charge in [0.15, 0.2) is 10.8 Å². The molecule has 0 saturated carbocycles. The molecule has 6 nitrogen and oxygen atoms in total. The normalized spacial score (nSPS) is 11.3. The third-order valence-electron chi connectivity index (χ3n) is 3.97. The lowest BCUT2D eigenvalue weighted by atomic mass is 10.1. The third-order valence-corrected chi connectivity index (χ3v) is 4.99. The van der Waals surface area contributed by atoms with Crippen LogP contribution >= 0.6 is 11.8 Å². The summed E-state index contributed by atoms with van der Waals surface area (Å²) in [6, 6.07) is 8.20. The first-order chi connectivity index (χ1) is 11.7. The van der Waals surface area contributed by atoms with Gasteiger partial charge in [-0.2, -0.15) is 5.10 Å². The molecule has 3 aromatic rings. The predicted octanol–water partition coefficient (Wildman–Crippen LogP) is 2.21. The summed E-state index contributed by atoms with van der Waals surface area (Å²) < 4.78 is 3.25. The van der Waals surface area contributed by atoms with Crippen LogP contribution in [0.4, 0.5) is 0 Å². The zero-order valence-corrected chi connectivity index (χ0v) is 14.6. The van der Waals surface area contributed by atoms with Crippen LogP contribution in [-0.2, 0) is 18.8 Å². The fourth-order valence-corrected chi connectivity index (χ4v) is 3.72. The summed E-state index contributed by atoms with van der Waals surface area (Å²) in [6.45, 7) is 4.86. The van der Waals surface area contributed by atoms with E-state index in [4.69, 9.17) is 5.11 Å². The smallest absolute Gasteiger partial charge is 0.265 e. The summed E-state index contributed by atoms with van der Waals surface area (Å²) in [5, 5.41) is 14.5. The van der Waals surface area contributed by atoms with Crippen molar-refractivity contribution in [1.29, 1.82) is 0 Å². The molecule has 0 saturated heterocycles. The molecular formula is C17H20N4O2S. The van der Waals surface area contributed by atoms with E-state index in [1.807, 2.05) is 19.1 Å². The Morgan fingerprint density at radius 3 is 2.79 bits per heavy atom. The fraction of sp³-hybridized carbons (Fsp3) is 0.353. The first kappa shape index (κ1) is 16.7. The average Bonchev–Trinajstić information content (AvgIpc) is 2.98. The van der Waals surface area contributed by atoms with Crippen LogP contribution in [0.2, 0.25) is 0 Å². The first-order valence-electron chi connectivity index (χ1n) is 7.90. The molecule has 3 rings (SSSR count). The van der Waals surface area contributed by atoms with Gasteiger partial charge in [-0.25, -0.2) is 9.67 Å². The SMILES string of the molecule is CCn1c(SCc2ccccc2C)nc2c(cnn2CCO)c1=O. The standard InChI is InChI=1S/C17H20N4O2S/c1-3-20-16(23)14-10-18-21(8-9-22)15(14)19-17(20)24-11-13-7-5-4-6-12(13)2/h4-7,10,22H,3,8-9,11H2,1-2H3. The topological polar surface area (TPSA) is 72.9 Å². The van der Waals surface area contributed by atoms with Crippen molar-refractivity contribution in [2.24, 2.45) is 0 Å². The van der Waals surface area contributed by atoms with E-state index in [1.54, 1.807) is 21.0 Å². The molecule has 0 fully saturated rings. The maximum Gasteiger partial charge on any atom is 0.265 e. The maximum absolute atomic E-state index is 12.7. The first-order valence-corrected chi connectivity index (χ1v) is 8.88. The Kier molecular flexibility index (Phi) is 5.01. The van der Waals surface area contributed by atoms with Crippen molar-refractivity contribution in [2.75, 3.05) is 6.61 Å². The molecule has 0 radical (unpaired) electrons. The van der Waals surface area contributed by atoms with Gasteiger partial charge < -0.3 is 5.11 Å². The van der Waals surface area contributed by atoms with E-state index in [1.165, 1.54) is 17.3 Å². The molecule has 7 heteroatoms. The van der Waals surface area contributed by atoms with Gasteiger partial charge in [0.2, 0.25) is 0 Å². The van der Waals surface area contributed by atoms with Crippen molar-refractivity contribution in [3.63, 3.8) is 0 Å². The lowest BCUT2D eigenvalue weighted by molar-refractivity contribution is 0.271. The second kappa shape index (κ2) is 7.19. The number of nitrogens with zero attached hydrogens (tertiary/aromatic N) is 4. The quantitative estimate of drug-likeness (QED) is 0.548. The highest BCUT2D eigenvalue weighted by atomic mass is 32.2. The van der Waals surface area contributed by atoms with Gasteiger partial charge in [0, 0.05) is 12.3 Å². The Balaban J connectivity index is 2.01. The van der Waals surface area contributed by atoms with Crippen LogP contribution in [0.3, 0.4) is 0 Å². The number of hydrogen-bond acceptors (Lipinski definition) is 5. The highest BCUT2D eigenvalue weighted by molar-refractivity contribution is 7.98. The van der Waals surface area contributed by atoms with Gasteiger partial charge in [0.1, 0.15) is 5.39 Å². The molecule has 0 unspecified atom stereocenters. The van der Waals surface area contributed by atoms with Crippen molar-refractivity contribution < 1.29 is 5.11 Å². The molecule has 0 aliphatic carbocycles. The Morgan fingerprint density at radius 2 is 2.08 bits per heavy atom. The van der Waals surface area contributed by atoms with E-state index in [2.05, 4.69) is 29.1 Å². The number of thioether (sulfide) groups is 1. The fourth-order valence-electron chi connectivity index (χ4n) is 2.59. The Morgan fingerprint density at radius 1 is 1.29 bits per heavy atom. The number of hydrogen-bond donors (Lipinski definition) is 1. The van der Waals surface area contributed by atoms with Crippen molar-refractivity contribution in [2.45, 2.75) is 37.8 Å². The summed E-state index contributed by atoms with van der Waals surface area (Å²) in [7, 11) is 0. The van der Waals surface area contributed by atoms with E-state index < -0.39 is 0 Å². The number of fused-ring (bicyclic) bond motifs is 1. The minimum absolute atomic E-state index is 0.0407. The second-order valence-electron chi connectivity index (χ2n) is 5.49. The molecule has 0 atom stereocenters. The maximum atomic E-state index is 12.7. The molecule has 0 aliphatic rings. The molecule has 2 heterocycles. The number of rotatable bonds is 6. The third kappa shape index (κ3) is 3.09. The van der Waals surface area contributed by atoms with Crippen LogP contribution in [0.25, 0.3) is 11.0 Å². The van der Waals surface area contributed by atoms with Crippen molar-refractivity contribution in [3.8, 4) is 0 Å². The van der Waals surface area contributed by atoms with Gasteiger partial charge in [-0.3, -0.25) is 9.36 Å². The van der Waals surface area contributed by atoms with Crippen LogP contribution in [0.1, 0.15) is 18.1 Å². The van der Waals surface area contributed by atoms with Crippen LogP contribution < -0.4 is 5.56 Å². The molecule has 24 heavy (non-hydrogen) atoms. The average molecular weight is 344 g/mol. The number of benzene rings is 1. The van der Waals surface area contributed by atoms with E-state index in [0.29, 0.717) is 29.3 Å². The van der Waals surface area contributed by atoms with Gasteiger partial charge in [0.25, 0.3) is 5.56 Å². The monoisotopic (exact) mass is 344 g/mol. The van der Waals surface area contributed by atoms with Crippen LogP contribution in [0.15, 0.2) is 40.4 Å². The minimum Gasteiger partial charge on any atom is -0.394 e. The minimum atomic E-state index is -0.0843. The molecule has 1 N–H and O–H groups in total. The highest BCUT2D eigenvalue weighted by Crippen LogP contribution is 2.23. The van der Waals surface area contributed by atoms with Crippen LogP contribution in [0.5, 0.6) is 0 Å². The molecule has 2 aromatic heterocycles. The van der Waals surface area contributed by atoms with Gasteiger partial charge in [0.05, 0.1) is 19.3 Å². The number of aliphatic hydroxyl groups is 1. The lowest BCUT2D eigenvalue weighted by Crippen LogP contribution is -2.22. The summed E-state index contributed by atoms with van der Waals surface area (Å²) in [5.74, 6) is 0.749. The Hall–Kier alpha value is -2.12. The van der Waals surface area contributed by atoms with Gasteiger partial charge in [-0.15, -0.1) is 0 Å². The summed E-state index contributed by atoms with van der Waals surface area (Å²) >= 11 is 1.55. The van der Waals surface area contributed by atoms with Crippen LogP contribution in [0, 0.1) is 6.92 Å². The van der Waals surface area contributed by atoms with E-state index in [9.17, 15) is 4.79 Å². The Labute approximate surface area is 144 Å². The van der Waals surface area contributed by atoms with Gasteiger partial charge in [-0.05, 0) is 25.0 Å². The second-order valence-corrected chi connectivity index (χ2v) is 6.43. The van der Waals surface area contributed by atoms with Crippen molar-refractivity contribution >= 4 is 22.8 Å². The molecule has 0 spiro atoms. The summed E-state index contributed by atoms with van der Waals surface area (Å²) in [6.07, 6.45) is 1.53. The number of aliphatic hydroxyl groups excluding tert-OH is 1. The van der Waals surface area contributed by atoms with Gasteiger partial charge >= 0.3 is 0 Å². The summed E-state index contributed by atoms with van der Waals surface area (Å²) in [5.41, 5.74) is 2.90. The zero-order chi connectivity index (χ0) is 17.1. The van der Waals surface area contributed by atoms with E-state index in [0.717, 1.165) is 5.75 Å². The van der Waals surface area contributed by atoms with E-state index >= 15 is 0 Å². The zero-order valence-electron chi connectivity index (χ0n) is 13.8. The summed E-state index contributed by atoms with van der Waals surface area (Å²) in [4.78, 5) is 17.3. The predicted molar refractivity (Wildman–Crippen MR) is 95.3 cm³/mol. The highest BCUT2D eigenvalue weighted by Gasteiger charge is 2.15.